The van der Waals surface area contributed by atoms with E-state index in [0.717, 1.165) is 12.2 Å². The van der Waals surface area contributed by atoms with E-state index < -0.39 is 0 Å². The van der Waals surface area contributed by atoms with Crippen LogP contribution in [0, 0.1) is 5.82 Å². The molecule has 0 saturated carbocycles. The zero-order valence-electron chi connectivity index (χ0n) is 11.7. The van der Waals surface area contributed by atoms with Gasteiger partial charge in [0, 0.05) is 37.0 Å². The third kappa shape index (κ3) is 3.62. The second-order valence-corrected chi connectivity index (χ2v) is 4.72. The fraction of sp³-hybridized carbons (Fsp3) is 0.312. The predicted molar refractivity (Wildman–Crippen MR) is 78.3 cm³/mol. The van der Waals surface area contributed by atoms with Crippen LogP contribution in [0.3, 0.4) is 0 Å². The van der Waals surface area contributed by atoms with Gasteiger partial charge in [-0.1, -0.05) is 31.2 Å². The molecular weight excluding hydrogens is 253 g/mol. The number of benzene rings is 1. The molecule has 20 heavy (non-hydrogen) atoms. The lowest BCUT2D eigenvalue weighted by molar-refractivity contribution is 0.264. The molecule has 2 rings (SSSR count). The van der Waals surface area contributed by atoms with Crippen molar-refractivity contribution in [3.63, 3.8) is 0 Å². The number of nitrogens with two attached hydrogens (primary N) is 1. The number of aromatic nitrogens is 1. The molecule has 0 spiro atoms. The molecule has 1 aromatic heterocycles. The highest BCUT2D eigenvalue weighted by Crippen LogP contribution is 2.15. The molecule has 0 radical (unpaired) electrons. The van der Waals surface area contributed by atoms with Gasteiger partial charge in [0.25, 0.3) is 0 Å². The van der Waals surface area contributed by atoms with Crippen LogP contribution < -0.4 is 5.73 Å². The molecule has 0 aliphatic rings. The van der Waals surface area contributed by atoms with Crippen LogP contribution in [0.15, 0.2) is 42.6 Å². The monoisotopic (exact) mass is 273 g/mol. The second kappa shape index (κ2) is 7.12. The Morgan fingerprint density at radius 3 is 2.55 bits per heavy atom. The highest BCUT2D eigenvalue weighted by molar-refractivity contribution is 5.26. The summed E-state index contributed by atoms with van der Waals surface area (Å²) in [5, 5.41) is 0. The predicted octanol–water partition coefficient (Wildman–Crippen LogP) is 2.70. The summed E-state index contributed by atoms with van der Waals surface area (Å²) >= 11 is 0. The Morgan fingerprint density at radius 2 is 1.90 bits per heavy atom. The lowest BCUT2D eigenvalue weighted by atomic mass is 10.1. The number of halogens is 1. The molecule has 1 aromatic carbocycles. The zero-order chi connectivity index (χ0) is 14.4. The van der Waals surface area contributed by atoms with Crippen molar-refractivity contribution >= 4 is 0 Å². The number of hydrogen-bond donors (Lipinski definition) is 1. The normalized spacial score (nSPS) is 11.0. The molecule has 0 saturated heterocycles. The highest BCUT2D eigenvalue weighted by Gasteiger charge is 2.11. The largest absolute Gasteiger partial charge is 0.326 e. The van der Waals surface area contributed by atoms with Crippen molar-refractivity contribution in [1.82, 2.24) is 9.88 Å². The van der Waals surface area contributed by atoms with Crippen molar-refractivity contribution in [2.24, 2.45) is 5.73 Å². The minimum Gasteiger partial charge on any atom is -0.326 e. The van der Waals surface area contributed by atoms with Crippen LogP contribution in [0.5, 0.6) is 0 Å². The summed E-state index contributed by atoms with van der Waals surface area (Å²) in [5.41, 5.74) is 7.79. The van der Waals surface area contributed by atoms with E-state index in [1.165, 1.54) is 0 Å². The quantitative estimate of drug-likeness (QED) is 0.880. The molecule has 2 aromatic rings. The zero-order valence-corrected chi connectivity index (χ0v) is 11.7. The Morgan fingerprint density at radius 1 is 1.10 bits per heavy atom. The van der Waals surface area contributed by atoms with Crippen LogP contribution in [0.2, 0.25) is 0 Å². The maximum absolute atomic E-state index is 14.2. The molecule has 4 heteroatoms. The summed E-state index contributed by atoms with van der Waals surface area (Å²) in [5.74, 6) is -0.186. The van der Waals surface area contributed by atoms with Crippen LogP contribution in [0.4, 0.5) is 4.39 Å². The lowest BCUT2D eigenvalue weighted by Gasteiger charge is -2.20. The Bertz CT molecular complexity index is 543. The summed E-state index contributed by atoms with van der Waals surface area (Å²) < 4.78 is 14.2. The fourth-order valence-electron chi connectivity index (χ4n) is 2.15. The highest BCUT2D eigenvalue weighted by atomic mass is 19.1. The molecule has 0 aliphatic heterocycles. The first kappa shape index (κ1) is 14.6. The lowest BCUT2D eigenvalue weighted by Crippen LogP contribution is -2.23. The topological polar surface area (TPSA) is 42.2 Å². The van der Waals surface area contributed by atoms with Gasteiger partial charge in [0.05, 0.1) is 5.69 Å². The molecule has 0 unspecified atom stereocenters. The summed E-state index contributed by atoms with van der Waals surface area (Å²) in [6, 6.07) is 11.2. The minimum atomic E-state index is -0.186. The maximum Gasteiger partial charge on any atom is 0.132 e. The molecular formula is C16H20FN3. The van der Waals surface area contributed by atoms with Gasteiger partial charge < -0.3 is 5.73 Å². The van der Waals surface area contributed by atoms with Crippen molar-refractivity contribution in [2.45, 2.75) is 26.6 Å². The fourth-order valence-corrected chi connectivity index (χ4v) is 2.15. The van der Waals surface area contributed by atoms with Crippen LogP contribution >= 0.6 is 0 Å². The number of pyridine rings is 1. The first-order valence-electron chi connectivity index (χ1n) is 6.83. The summed E-state index contributed by atoms with van der Waals surface area (Å²) in [4.78, 5) is 6.46. The summed E-state index contributed by atoms with van der Waals surface area (Å²) in [6.07, 6.45) is 1.78. The van der Waals surface area contributed by atoms with Gasteiger partial charge in [0.15, 0.2) is 0 Å². The van der Waals surface area contributed by atoms with E-state index in [4.69, 9.17) is 5.73 Å². The molecule has 1 heterocycles. The van der Waals surface area contributed by atoms with Gasteiger partial charge in [-0.25, -0.2) is 4.39 Å². The first-order valence-corrected chi connectivity index (χ1v) is 6.83. The van der Waals surface area contributed by atoms with Crippen molar-refractivity contribution in [2.75, 3.05) is 6.54 Å². The van der Waals surface area contributed by atoms with Crippen LogP contribution in [0.25, 0.3) is 0 Å². The molecule has 0 amide bonds. The molecule has 0 aliphatic carbocycles. The SMILES string of the molecule is CCN(Cc1ccccn1)Cc1cccc(CN)c1F. The van der Waals surface area contributed by atoms with Gasteiger partial charge in [-0.3, -0.25) is 9.88 Å². The van der Waals surface area contributed by atoms with Gasteiger partial charge in [-0.05, 0) is 18.7 Å². The number of rotatable bonds is 6. The average molecular weight is 273 g/mol. The summed E-state index contributed by atoms with van der Waals surface area (Å²) in [7, 11) is 0. The summed E-state index contributed by atoms with van der Waals surface area (Å²) in [6.45, 7) is 4.40. The van der Waals surface area contributed by atoms with E-state index in [9.17, 15) is 4.39 Å². The number of hydrogen-bond acceptors (Lipinski definition) is 3. The Labute approximate surface area is 119 Å². The molecule has 0 bridgehead atoms. The Hall–Kier alpha value is -1.78. The van der Waals surface area contributed by atoms with E-state index in [0.29, 0.717) is 24.2 Å². The van der Waals surface area contributed by atoms with Crippen molar-refractivity contribution in [3.05, 3.63) is 65.2 Å². The minimum absolute atomic E-state index is 0.186. The van der Waals surface area contributed by atoms with E-state index in [-0.39, 0.29) is 12.4 Å². The van der Waals surface area contributed by atoms with E-state index in [1.807, 2.05) is 30.3 Å². The van der Waals surface area contributed by atoms with Gasteiger partial charge in [-0.15, -0.1) is 0 Å². The molecule has 3 nitrogen and oxygen atoms in total. The molecule has 0 atom stereocenters. The third-order valence-corrected chi connectivity index (χ3v) is 3.33. The average Bonchev–Trinajstić information content (AvgIpc) is 2.49. The standard InChI is InChI=1S/C16H20FN3/c1-2-20(12-15-8-3-4-9-19-15)11-14-7-5-6-13(10-18)16(14)17/h3-9H,2,10-12,18H2,1H3. The molecule has 2 N–H and O–H groups in total. The van der Waals surface area contributed by atoms with Crippen LogP contribution in [-0.4, -0.2) is 16.4 Å². The van der Waals surface area contributed by atoms with E-state index >= 15 is 0 Å². The van der Waals surface area contributed by atoms with Gasteiger partial charge >= 0.3 is 0 Å². The molecule has 0 fully saturated rings. The van der Waals surface area contributed by atoms with Crippen molar-refractivity contribution in [3.8, 4) is 0 Å². The molecule has 106 valence electrons. The van der Waals surface area contributed by atoms with Crippen LogP contribution in [0.1, 0.15) is 23.7 Å². The van der Waals surface area contributed by atoms with Gasteiger partial charge in [0.2, 0.25) is 0 Å². The Kier molecular flexibility index (Phi) is 5.21. The van der Waals surface area contributed by atoms with Crippen molar-refractivity contribution < 1.29 is 4.39 Å². The Balaban J connectivity index is 2.10. The first-order chi connectivity index (χ1) is 9.74. The second-order valence-electron chi connectivity index (χ2n) is 4.72. The smallest absolute Gasteiger partial charge is 0.132 e. The van der Waals surface area contributed by atoms with Gasteiger partial charge in [-0.2, -0.15) is 0 Å². The maximum atomic E-state index is 14.2. The third-order valence-electron chi connectivity index (χ3n) is 3.33. The van der Waals surface area contributed by atoms with Crippen LogP contribution in [-0.2, 0) is 19.6 Å². The van der Waals surface area contributed by atoms with E-state index in [1.54, 1.807) is 12.3 Å². The van der Waals surface area contributed by atoms with E-state index in [2.05, 4.69) is 16.8 Å². The van der Waals surface area contributed by atoms with Gasteiger partial charge in [0.1, 0.15) is 5.82 Å². The van der Waals surface area contributed by atoms with Crippen molar-refractivity contribution in [1.29, 1.82) is 0 Å². The number of nitrogens with zero attached hydrogens (tertiary/aromatic N) is 2.